The molecule has 0 bridgehead atoms. The lowest BCUT2D eigenvalue weighted by atomic mass is 10.2. The quantitative estimate of drug-likeness (QED) is 0.511. The van der Waals surface area contributed by atoms with Crippen LogP contribution in [0.4, 0.5) is 0 Å². The summed E-state index contributed by atoms with van der Waals surface area (Å²) in [5.74, 6) is 0.751. The van der Waals surface area contributed by atoms with Gasteiger partial charge in [0, 0.05) is 31.4 Å². The molecule has 26 heavy (non-hydrogen) atoms. The van der Waals surface area contributed by atoms with E-state index in [2.05, 4.69) is 20.6 Å². The standard InChI is InChI=1S/C16H27N5O3S2/c1-4-17-16(21(3)9-14-10-25-12(2)19-14)18-7-5-15(22)20-13-6-8-26(23,24)11-13/h10,13H,4-9,11H2,1-3H3,(H,17,18)(H,20,22). The van der Waals surface area contributed by atoms with Crippen LogP contribution in [0.3, 0.4) is 0 Å². The maximum Gasteiger partial charge on any atom is 0.222 e. The molecule has 2 N–H and O–H groups in total. The molecule has 1 aliphatic rings. The monoisotopic (exact) mass is 401 g/mol. The van der Waals surface area contributed by atoms with Crippen molar-refractivity contribution in [3.05, 3.63) is 16.1 Å². The number of aryl methyl sites for hydroxylation is 1. The molecule has 0 saturated carbocycles. The Morgan fingerprint density at radius 3 is 2.85 bits per heavy atom. The second-order valence-corrected chi connectivity index (χ2v) is 9.66. The molecule has 0 radical (unpaired) electrons. The number of hydrogen-bond donors (Lipinski definition) is 2. The third-order valence-corrected chi connectivity index (χ3v) is 6.55. The van der Waals surface area contributed by atoms with Crippen molar-refractivity contribution in [3.63, 3.8) is 0 Å². The van der Waals surface area contributed by atoms with Gasteiger partial charge in [0.2, 0.25) is 5.91 Å². The van der Waals surface area contributed by atoms with Crippen LogP contribution in [0, 0.1) is 6.92 Å². The van der Waals surface area contributed by atoms with Crippen molar-refractivity contribution in [3.8, 4) is 0 Å². The lowest BCUT2D eigenvalue weighted by Gasteiger charge is -2.21. The van der Waals surface area contributed by atoms with Crippen molar-refractivity contribution in [2.45, 2.75) is 39.3 Å². The number of carbonyl (C=O) groups is 1. The fraction of sp³-hybridized carbons (Fsp3) is 0.688. The maximum atomic E-state index is 12.0. The van der Waals surface area contributed by atoms with E-state index in [0.717, 1.165) is 23.2 Å². The van der Waals surface area contributed by atoms with Gasteiger partial charge < -0.3 is 15.5 Å². The Balaban J connectivity index is 1.82. The van der Waals surface area contributed by atoms with E-state index in [0.29, 0.717) is 19.5 Å². The van der Waals surface area contributed by atoms with E-state index in [4.69, 9.17) is 0 Å². The number of thiazole rings is 1. The zero-order valence-corrected chi connectivity index (χ0v) is 17.1. The molecule has 1 atom stereocenters. The summed E-state index contributed by atoms with van der Waals surface area (Å²) in [5, 5.41) is 9.04. The summed E-state index contributed by atoms with van der Waals surface area (Å²) in [6, 6.07) is -0.264. The van der Waals surface area contributed by atoms with Gasteiger partial charge in [-0.3, -0.25) is 9.79 Å². The maximum absolute atomic E-state index is 12.0. The average molecular weight is 402 g/mol. The highest BCUT2D eigenvalue weighted by Crippen LogP contribution is 2.11. The number of aromatic nitrogens is 1. The summed E-state index contributed by atoms with van der Waals surface area (Å²) < 4.78 is 22.9. The van der Waals surface area contributed by atoms with Gasteiger partial charge in [-0.1, -0.05) is 0 Å². The van der Waals surface area contributed by atoms with Crippen molar-refractivity contribution in [1.82, 2.24) is 20.5 Å². The number of guanidine groups is 1. The van der Waals surface area contributed by atoms with Crippen molar-refractivity contribution >= 4 is 33.0 Å². The molecule has 1 amide bonds. The zero-order chi connectivity index (χ0) is 19.2. The summed E-state index contributed by atoms with van der Waals surface area (Å²) in [4.78, 5) is 22.9. The first-order chi connectivity index (χ1) is 12.3. The summed E-state index contributed by atoms with van der Waals surface area (Å²) >= 11 is 1.61. The van der Waals surface area contributed by atoms with Crippen LogP contribution in [0.15, 0.2) is 10.4 Å². The SMILES string of the molecule is CCNC(=NCCC(=O)NC1CCS(=O)(=O)C1)N(C)Cc1csc(C)n1. The highest BCUT2D eigenvalue weighted by atomic mass is 32.2. The minimum absolute atomic E-state index is 0.0421. The van der Waals surface area contributed by atoms with E-state index in [1.165, 1.54) is 0 Å². The van der Waals surface area contributed by atoms with Crippen LogP contribution in [0.25, 0.3) is 0 Å². The number of hydrogen-bond acceptors (Lipinski definition) is 6. The first-order valence-corrected chi connectivity index (χ1v) is 11.4. The van der Waals surface area contributed by atoms with Gasteiger partial charge in [-0.25, -0.2) is 13.4 Å². The summed E-state index contributed by atoms with van der Waals surface area (Å²) in [7, 11) is -1.06. The topological polar surface area (TPSA) is 104 Å². The molecule has 1 saturated heterocycles. The minimum atomic E-state index is -2.99. The fourth-order valence-electron chi connectivity index (χ4n) is 2.74. The number of sulfone groups is 1. The second-order valence-electron chi connectivity index (χ2n) is 6.37. The number of nitrogens with zero attached hydrogens (tertiary/aromatic N) is 3. The summed E-state index contributed by atoms with van der Waals surface area (Å²) in [6.45, 7) is 5.67. The summed E-state index contributed by atoms with van der Waals surface area (Å²) in [6.07, 6.45) is 0.727. The molecule has 1 unspecified atom stereocenters. The van der Waals surface area contributed by atoms with Gasteiger partial charge in [-0.2, -0.15) is 0 Å². The molecular formula is C16H27N5O3S2. The molecule has 1 fully saturated rings. The van der Waals surface area contributed by atoms with Crippen LogP contribution in [0.5, 0.6) is 0 Å². The van der Waals surface area contributed by atoms with Crippen molar-refractivity contribution in [2.75, 3.05) is 31.6 Å². The van der Waals surface area contributed by atoms with Crippen molar-refractivity contribution in [2.24, 2.45) is 4.99 Å². The molecule has 0 spiro atoms. The van der Waals surface area contributed by atoms with Gasteiger partial charge in [-0.05, 0) is 20.3 Å². The molecule has 0 aliphatic carbocycles. The van der Waals surface area contributed by atoms with Crippen LogP contribution >= 0.6 is 11.3 Å². The number of rotatable bonds is 7. The van der Waals surface area contributed by atoms with Gasteiger partial charge >= 0.3 is 0 Å². The van der Waals surface area contributed by atoms with E-state index in [-0.39, 0.29) is 29.9 Å². The van der Waals surface area contributed by atoms with Gasteiger partial charge in [0.25, 0.3) is 0 Å². The fourth-order valence-corrected chi connectivity index (χ4v) is 5.02. The highest BCUT2D eigenvalue weighted by Gasteiger charge is 2.28. The van der Waals surface area contributed by atoms with Gasteiger partial charge in [0.05, 0.1) is 35.3 Å². The molecule has 8 nitrogen and oxygen atoms in total. The number of nitrogens with one attached hydrogen (secondary N) is 2. The Kier molecular flexibility index (Phi) is 7.39. The largest absolute Gasteiger partial charge is 0.357 e. The molecule has 2 rings (SSSR count). The molecule has 1 aromatic heterocycles. The molecule has 2 heterocycles. The number of amides is 1. The normalized spacial score (nSPS) is 19.3. The first-order valence-electron chi connectivity index (χ1n) is 8.69. The Labute approximate surface area is 159 Å². The Morgan fingerprint density at radius 1 is 1.50 bits per heavy atom. The van der Waals surface area contributed by atoms with Gasteiger partial charge in [-0.15, -0.1) is 11.3 Å². The van der Waals surface area contributed by atoms with Crippen molar-refractivity contribution < 1.29 is 13.2 Å². The molecule has 0 aromatic carbocycles. The van der Waals surface area contributed by atoms with Crippen LogP contribution in [0.2, 0.25) is 0 Å². The average Bonchev–Trinajstić information content (AvgIpc) is 3.11. The third-order valence-electron chi connectivity index (χ3n) is 3.96. The van der Waals surface area contributed by atoms with E-state index >= 15 is 0 Å². The van der Waals surface area contributed by atoms with Crippen LogP contribution in [-0.2, 0) is 21.2 Å². The van der Waals surface area contributed by atoms with Crippen LogP contribution in [-0.4, -0.2) is 67.9 Å². The molecule has 146 valence electrons. The van der Waals surface area contributed by atoms with E-state index in [1.807, 2.05) is 31.2 Å². The van der Waals surface area contributed by atoms with Gasteiger partial charge in [0.15, 0.2) is 15.8 Å². The smallest absolute Gasteiger partial charge is 0.222 e. The zero-order valence-electron chi connectivity index (χ0n) is 15.5. The van der Waals surface area contributed by atoms with E-state index < -0.39 is 9.84 Å². The van der Waals surface area contributed by atoms with E-state index in [9.17, 15) is 13.2 Å². The summed E-state index contributed by atoms with van der Waals surface area (Å²) in [5.41, 5.74) is 0.987. The highest BCUT2D eigenvalue weighted by molar-refractivity contribution is 7.91. The third kappa shape index (κ3) is 6.56. The lowest BCUT2D eigenvalue weighted by Crippen LogP contribution is -2.39. The number of aliphatic imine (C=N–C) groups is 1. The van der Waals surface area contributed by atoms with Crippen LogP contribution < -0.4 is 10.6 Å². The first kappa shape index (κ1) is 20.6. The molecule has 10 heteroatoms. The predicted octanol–water partition coefficient (Wildman–Crippen LogP) is 0.542. The van der Waals surface area contributed by atoms with Gasteiger partial charge in [0.1, 0.15) is 0 Å². The Bertz CT molecular complexity index is 745. The lowest BCUT2D eigenvalue weighted by molar-refractivity contribution is -0.121. The van der Waals surface area contributed by atoms with Crippen LogP contribution in [0.1, 0.15) is 30.5 Å². The number of carbonyl (C=O) groups excluding carboxylic acids is 1. The Morgan fingerprint density at radius 2 is 2.27 bits per heavy atom. The second kappa shape index (κ2) is 9.31. The molecule has 1 aliphatic heterocycles. The van der Waals surface area contributed by atoms with Crippen molar-refractivity contribution in [1.29, 1.82) is 0 Å². The van der Waals surface area contributed by atoms with E-state index in [1.54, 1.807) is 11.3 Å². The Hall–Kier alpha value is -1.68. The molecular weight excluding hydrogens is 374 g/mol. The predicted molar refractivity (Wildman–Crippen MR) is 104 cm³/mol. The minimum Gasteiger partial charge on any atom is -0.357 e. The molecule has 1 aromatic rings.